The number of aliphatic hydroxyl groups is 3. The van der Waals surface area contributed by atoms with Crippen LogP contribution in [0.15, 0.2) is 40.4 Å². The number of hydrogen-bond donors (Lipinski definition) is 3. The van der Waals surface area contributed by atoms with Gasteiger partial charge in [-0.15, -0.1) is 0 Å². The number of nitrogens with zero attached hydrogens (tertiary/aromatic N) is 5. The maximum absolute atomic E-state index is 12.8. The molecule has 0 amide bonds. The zero-order chi connectivity index (χ0) is 25.3. The predicted molar refractivity (Wildman–Crippen MR) is 120 cm³/mol. The second-order valence-electron chi connectivity index (χ2n) is 8.09. The van der Waals surface area contributed by atoms with Gasteiger partial charge in [0.2, 0.25) is 0 Å². The number of hydrogen-bond acceptors (Lipinski definition) is 9. The maximum atomic E-state index is 12.8. The van der Waals surface area contributed by atoms with E-state index in [0.717, 1.165) is 4.57 Å². The quantitative estimate of drug-likeness (QED) is 0.243. The molecule has 0 radical (unpaired) electrons. The highest BCUT2D eigenvalue weighted by atomic mass is 16.6. The number of carbonyl (C=O) groups is 1. The number of aliphatic hydroxyl groups excluding tert-OH is 3. The van der Waals surface area contributed by atoms with Crippen LogP contribution in [0.2, 0.25) is 0 Å². The van der Waals surface area contributed by atoms with E-state index < -0.39 is 48.4 Å². The molecule has 4 heterocycles. The Bertz CT molecular complexity index is 1350. The lowest BCUT2D eigenvalue weighted by Gasteiger charge is -2.11. The molecule has 0 spiro atoms. The van der Waals surface area contributed by atoms with Crippen molar-refractivity contribution in [2.24, 2.45) is 0 Å². The lowest BCUT2D eigenvalue weighted by Crippen LogP contribution is -2.46. The number of fused-ring (bicyclic) bond motifs is 1. The summed E-state index contributed by atoms with van der Waals surface area (Å²) in [7, 11) is 0. The summed E-state index contributed by atoms with van der Waals surface area (Å²) in [5.74, 6) is -0.646. The normalized spacial score (nSPS) is 22.1. The van der Waals surface area contributed by atoms with Crippen LogP contribution in [-0.4, -0.2) is 71.5 Å². The molecule has 4 rings (SSSR count). The summed E-state index contributed by atoms with van der Waals surface area (Å²) in [4.78, 5) is 42.1. The molecule has 0 aromatic carbocycles. The zero-order valence-electron chi connectivity index (χ0n) is 19.4. The summed E-state index contributed by atoms with van der Waals surface area (Å²) < 4.78 is 16.4. The minimum atomic E-state index is -1.29. The number of aryl methyl sites for hydroxylation is 1. The van der Waals surface area contributed by atoms with Gasteiger partial charge in [-0.05, 0) is 19.9 Å². The lowest BCUT2D eigenvalue weighted by molar-refractivity contribution is -0.765. The van der Waals surface area contributed by atoms with Crippen molar-refractivity contribution in [1.29, 1.82) is 0 Å². The van der Waals surface area contributed by atoms with E-state index in [-0.39, 0.29) is 36.4 Å². The number of pyridine rings is 1. The van der Waals surface area contributed by atoms with Gasteiger partial charge in [0.1, 0.15) is 24.4 Å². The van der Waals surface area contributed by atoms with Crippen molar-refractivity contribution in [3.63, 3.8) is 0 Å². The van der Waals surface area contributed by atoms with Crippen molar-refractivity contribution < 1.29 is 34.2 Å². The van der Waals surface area contributed by atoms with Gasteiger partial charge >= 0.3 is 11.7 Å². The van der Waals surface area contributed by atoms with Crippen LogP contribution in [0.1, 0.15) is 30.4 Å². The van der Waals surface area contributed by atoms with Gasteiger partial charge in [-0.25, -0.2) is 14.6 Å². The average molecular weight is 490 g/mol. The number of aromatic nitrogens is 5. The molecule has 188 valence electrons. The Kier molecular flexibility index (Phi) is 7.12. The van der Waals surface area contributed by atoms with Crippen LogP contribution >= 0.6 is 0 Å². The van der Waals surface area contributed by atoms with Gasteiger partial charge in [0, 0.05) is 19.2 Å². The van der Waals surface area contributed by atoms with E-state index in [9.17, 15) is 29.7 Å². The molecule has 1 saturated heterocycles. The Morgan fingerprint density at radius 3 is 2.60 bits per heavy atom. The van der Waals surface area contributed by atoms with Crippen LogP contribution in [0.5, 0.6) is 0 Å². The monoisotopic (exact) mass is 490 g/mol. The molecule has 3 aromatic heterocycles. The molecule has 0 bridgehead atoms. The largest absolute Gasteiger partial charge is 0.460 e. The van der Waals surface area contributed by atoms with Crippen LogP contribution in [0.25, 0.3) is 11.2 Å². The van der Waals surface area contributed by atoms with Crippen LogP contribution in [0.4, 0.5) is 0 Å². The molecule has 13 heteroatoms. The molecule has 1 fully saturated rings. The van der Waals surface area contributed by atoms with E-state index in [0.29, 0.717) is 6.54 Å². The van der Waals surface area contributed by atoms with Gasteiger partial charge in [0.25, 0.3) is 11.8 Å². The van der Waals surface area contributed by atoms with E-state index >= 15 is 0 Å². The standard InChI is InChI=1S/C22H28N5O8/c1-3-26-18-15(19(31)27(4-2)22(26)33)25(12-23-18)8-9-34-21(32)13-6-5-7-24(10-13)20-17(30)16(29)14(11-28)35-20/h5-7,10,12,14,16-17,20,28-30H,3-4,8-9,11H2,1-2H3/q+1/t14-,16-,17-,20?/m1/s1. The maximum Gasteiger partial charge on any atom is 0.344 e. The molecule has 3 aromatic rings. The zero-order valence-corrected chi connectivity index (χ0v) is 19.4. The molecule has 1 aliphatic rings. The second-order valence-corrected chi connectivity index (χ2v) is 8.09. The van der Waals surface area contributed by atoms with Gasteiger partial charge in [-0.1, -0.05) is 0 Å². The van der Waals surface area contributed by atoms with E-state index in [2.05, 4.69) is 4.98 Å². The topological polar surface area (TPSA) is 162 Å². The number of esters is 1. The first kappa shape index (κ1) is 24.7. The van der Waals surface area contributed by atoms with Crippen molar-refractivity contribution in [2.75, 3.05) is 13.2 Å². The second kappa shape index (κ2) is 10.1. The third-order valence-corrected chi connectivity index (χ3v) is 6.05. The number of rotatable bonds is 8. The fourth-order valence-corrected chi connectivity index (χ4v) is 4.19. The lowest BCUT2D eigenvalue weighted by atomic mass is 10.1. The van der Waals surface area contributed by atoms with Crippen molar-refractivity contribution in [3.05, 3.63) is 57.3 Å². The summed E-state index contributed by atoms with van der Waals surface area (Å²) in [6.07, 6.45) is -0.0710. The van der Waals surface area contributed by atoms with Crippen LogP contribution in [0, 0.1) is 0 Å². The van der Waals surface area contributed by atoms with E-state index in [1.54, 1.807) is 30.7 Å². The van der Waals surface area contributed by atoms with Crippen LogP contribution < -0.4 is 15.8 Å². The molecular weight excluding hydrogens is 462 g/mol. The first-order valence-corrected chi connectivity index (χ1v) is 11.3. The highest BCUT2D eigenvalue weighted by Crippen LogP contribution is 2.25. The first-order valence-electron chi connectivity index (χ1n) is 11.3. The molecule has 3 N–H and O–H groups in total. The molecular formula is C22H28N5O8+. The molecule has 0 saturated carbocycles. The molecule has 13 nitrogen and oxygen atoms in total. The Morgan fingerprint density at radius 2 is 1.94 bits per heavy atom. The Hall–Kier alpha value is -3.39. The third-order valence-electron chi connectivity index (χ3n) is 6.05. The smallest absolute Gasteiger partial charge is 0.344 e. The number of ether oxygens (including phenoxy) is 2. The van der Waals surface area contributed by atoms with Crippen LogP contribution in [-0.2, 0) is 29.1 Å². The van der Waals surface area contributed by atoms with Gasteiger partial charge in [-0.2, -0.15) is 4.57 Å². The molecule has 4 atom stereocenters. The molecule has 35 heavy (non-hydrogen) atoms. The first-order chi connectivity index (χ1) is 16.8. The average Bonchev–Trinajstić information content (AvgIpc) is 3.40. The van der Waals surface area contributed by atoms with Gasteiger partial charge < -0.3 is 29.4 Å². The van der Waals surface area contributed by atoms with Crippen molar-refractivity contribution in [1.82, 2.24) is 18.7 Å². The Labute approximate surface area is 199 Å². The third kappa shape index (κ3) is 4.38. The fraction of sp³-hybridized carbons (Fsp3) is 0.500. The number of imidazole rings is 1. The molecule has 0 aliphatic carbocycles. The minimum absolute atomic E-state index is 0.0656. The van der Waals surface area contributed by atoms with E-state index in [1.165, 1.54) is 27.7 Å². The summed E-state index contributed by atoms with van der Waals surface area (Å²) >= 11 is 0. The SMILES string of the molecule is CCn1c(=O)c2c(ncn2CCOC(=O)c2ccc[n+](C3O[C@H](CO)[C@@H](O)[C@H]3O)c2)n(CC)c1=O. The van der Waals surface area contributed by atoms with Crippen LogP contribution in [0.3, 0.4) is 0 Å². The minimum Gasteiger partial charge on any atom is -0.460 e. The van der Waals surface area contributed by atoms with E-state index in [1.807, 2.05) is 0 Å². The van der Waals surface area contributed by atoms with Crippen molar-refractivity contribution in [2.45, 2.75) is 58.0 Å². The van der Waals surface area contributed by atoms with Gasteiger partial charge in [0.15, 0.2) is 29.7 Å². The highest BCUT2D eigenvalue weighted by molar-refractivity contribution is 5.88. The summed E-state index contributed by atoms with van der Waals surface area (Å²) in [5, 5.41) is 29.4. The number of carbonyl (C=O) groups excluding carboxylic acids is 1. The summed E-state index contributed by atoms with van der Waals surface area (Å²) in [5.41, 5.74) is -0.166. The highest BCUT2D eigenvalue weighted by Gasteiger charge is 2.48. The molecule has 1 unspecified atom stereocenters. The van der Waals surface area contributed by atoms with E-state index in [4.69, 9.17) is 9.47 Å². The fourth-order valence-electron chi connectivity index (χ4n) is 4.19. The molecule has 1 aliphatic heterocycles. The van der Waals surface area contributed by atoms with Crippen molar-refractivity contribution >= 4 is 17.1 Å². The van der Waals surface area contributed by atoms with Gasteiger partial charge in [-0.3, -0.25) is 13.9 Å². The van der Waals surface area contributed by atoms with Gasteiger partial charge in [0.05, 0.1) is 19.5 Å². The van der Waals surface area contributed by atoms with Crippen molar-refractivity contribution in [3.8, 4) is 0 Å². The Balaban J connectivity index is 1.48. The summed E-state index contributed by atoms with van der Waals surface area (Å²) in [6.45, 7) is 3.69. The predicted octanol–water partition coefficient (Wildman–Crippen LogP) is -1.84. The Morgan fingerprint density at radius 1 is 1.20 bits per heavy atom. The summed E-state index contributed by atoms with van der Waals surface area (Å²) in [6, 6.07) is 3.08.